The summed E-state index contributed by atoms with van der Waals surface area (Å²) >= 11 is 0. The summed E-state index contributed by atoms with van der Waals surface area (Å²) in [5.41, 5.74) is 1.15. The molecule has 16 heavy (non-hydrogen) atoms. The SMILES string of the molecule is O=C1C=CN(Cc2ccccc2)C=CC1O. The predicted octanol–water partition coefficient (Wildman–Crippen LogP) is 1.46. The Labute approximate surface area is 94.3 Å². The first kappa shape index (κ1) is 10.6. The number of rotatable bonds is 2. The second kappa shape index (κ2) is 4.77. The van der Waals surface area contributed by atoms with Crippen molar-refractivity contribution < 1.29 is 9.90 Å². The second-order valence-corrected chi connectivity index (χ2v) is 3.66. The number of benzene rings is 1. The molecule has 1 aromatic carbocycles. The summed E-state index contributed by atoms with van der Waals surface area (Å²) in [6.45, 7) is 0.688. The van der Waals surface area contributed by atoms with Gasteiger partial charge in [0.25, 0.3) is 0 Å². The molecular weight excluding hydrogens is 202 g/mol. The third kappa shape index (κ3) is 2.58. The molecule has 1 unspecified atom stereocenters. The maximum Gasteiger partial charge on any atom is 0.189 e. The van der Waals surface area contributed by atoms with E-state index in [9.17, 15) is 9.90 Å². The van der Waals surface area contributed by atoms with E-state index in [1.807, 2.05) is 35.2 Å². The average Bonchev–Trinajstić information content (AvgIpc) is 2.46. The van der Waals surface area contributed by atoms with Crippen molar-refractivity contribution in [2.75, 3.05) is 0 Å². The van der Waals surface area contributed by atoms with Crippen molar-refractivity contribution in [2.24, 2.45) is 0 Å². The summed E-state index contributed by atoms with van der Waals surface area (Å²) in [7, 11) is 0. The van der Waals surface area contributed by atoms with Crippen LogP contribution in [0.3, 0.4) is 0 Å². The van der Waals surface area contributed by atoms with Gasteiger partial charge in [0.2, 0.25) is 0 Å². The standard InChI is InChI=1S/C13H13NO2/c15-12-6-8-14(9-7-13(12)16)10-11-4-2-1-3-5-11/h1-9,12,15H,10H2. The van der Waals surface area contributed by atoms with Crippen molar-refractivity contribution in [1.29, 1.82) is 0 Å². The molecule has 1 N–H and O–H groups in total. The summed E-state index contributed by atoms with van der Waals surface area (Å²) < 4.78 is 0. The smallest absolute Gasteiger partial charge is 0.189 e. The Kier molecular flexibility index (Phi) is 3.17. The lowest BCUT2D eigenvalue weighted by Gasteiger charge is -2.14. The molecule has 3 heteroatoms. The molecule has 0 spiro atoms. The number of hydrogen-bond donors (Lipinski definition) is 1. The number of aliphatic hydroxyl groups is 1. The number of nitrogens with zero attached hydrogens (tertiary/aromatic N) is 1. The van der Waals surface area contributed by atoms with Gasteiger partial charge in [-0.3, -0.25) is 4.79 Å². The van der Waals surface area contributed by atoms with Crippen molar-refractivity contribution in [3.05, 3.63) is 60.4 Å². The van der Waals surface area contributed by atoms with E-state index in [-0.39, 0.29) is 5.78 Å². The van der Waals surface area contributed by atoms with Crippen LogP contribution in [0.1, 0.15) is 5.56 Å². The Morgan fingerprint density at radius 2 is 1.94 bits per heavy atom. The minimum Gasteiger partial charge on any atom is -0.381 e. The Bertz CT molecular complexity index is 423. The lowest BCUT2D eigenvalue weighted by Crippen LogP contribution is -2.13. The van der Waals surface area contributed by atoms with Crippen LogP contribution in [0.2, 0.25) is 0 Å². The summed E-state index contributed by atoms with van der Waals surface area (Å²) in [5, 5.41) is 9.33. The number of carbonyl (C=O) groups is 1. The van der Waals surface area contributed by atoms with Crippen molar-refractivity contribution in [2.45, 2.75) is 12.6 Å². The van der Waals surface area contributed by atoms with Crippen LogP contribution in [0.4, 0.5) is 0 Å². The Hall–Kier alpha value is -1.87. The van der Waals surface area contributed by atoms with Gasteiger partial charge in [0.1, 0.15) is 6.10 Å². The van der Waals surface area contributed by atoms with Crippen LogP contribution in [0, 0.1) is 0 Å². The lowest BCUT2D eigenvalue weighted by molar-refractivity contribution is -0.120. The molecule has 1 aromatic rings. The van der Waals surface area contributed by atoms with Crippen LogP contribution in [-0.2, 0) is 11.3 Å². The van der Waals surface area contributed by atoms with Crippen LogP contribution in [0.15, 0.2) is 54.9 Å². The first-order valence-corrected chi connectivity index (χ1v) is 5.14. The fraction of sp³-hybridized carbons (Fsp3) is 0.154. The number of hydrogen-bond acceptors (Lipinski definition) is 3. The van der Waals surface area contributed by atoms with Crippen molar-refractivity contribution in [3.63, 3.8) is 0 Å². The van der Waals surface area contributed by atoms with Gasteiger partial charge in [0.15, 0.2) is 5.78 Å². The van der Waals surface area contributed by atoms with E-state index in [1.165, 1.54) is 12.2 Å². The van der Waals surface area contributed by atoms with E-state index < -0.39 is 6.10 Å². The Morgan fingerprint density at radius 1 is 1.19 bits per heavy atom. The van der Waals surface area contributed by atoms with Crippen molar-refractivity contribution in [3.8, 4) is 0 Å². The van der Waals surface area contributed by atoms with Gasteiger partial charge in [0.05, 0.1) is 0 Å². The molecule has 2 rings (SSSR count). The van der Waals surface area contributed by atoms with Gasteiger partial charge in [-0.25, -0.2) is 0 Å². The minimum atomic E-state index is -1.02. The van der Waals surface area contributed by atoms with Crippen LogP contribution in [0.25, 0.3) is 0 Å². The highest BCUT2D eigenvalue weighted by molar-refractivity contribution is 5.94. The zero-order valence-electron chi connectivity index (χ0n) is 8.78. The van der Waals surface area contributed by atoms with Gasteiger partial charge in [-0.15, -0.1) is 0 Å². The highest BCUT2D eigenvalue weighted by Gasteiger charge is 2.11. The first-order chi connectivity index (χ1) is 7.75. The van der Waals surface area contributed by atoms with Crippen molar-refractivity contribution >= 4 is 5.78 Å². The fourth-order valence-electron chi connectivity index (χ4n) is 1.50. The van der Waals surface area contributed by atoms with E-state index in [4.69, 9.17) is 0 Å². The fourth-order valence-corrected chi connectivity index (χ4v) is 1.50. The summed E-state index contributed by atoms with van der Waals surface area (Å²) in [4.78, 5) is 13.1. The molecule has 0 bridgehead atoms. The molecule has 1 aliphatic rings. The lowest BCUT2D eigenvalue weighted by atomic mass is 10.2. The topological polar surface area (TPSA) is 40.5 Å². The molecule has 0 fully saturated rings. The first-order valence-electron chi connectivity index (χ1n) is 5.14. The molecule has 0 radical (unpaired) electrons. The zero-order valence-corrected chi connectivity index (χ0v) is 8.78. The Balaban J connectivity index is 2.09. The highest BCUT2D eigenvalue weighted by atomic mass is 16.3. The number of aliphatic hydroxyl groups excluding tert-OH is 1. The highest BCUT2D eigenvalue weighted by Crippen LogP contribution is 2.08. The van der Waals surface area contributed by atoms with Crippen LogP contribution in [-0.4, -0.2) is 21.9 Å². The summed E-state index contributed by atoms with van der Waals surface area (Å²) in [6.07, 6.45) is 5.28. The molecule has 0 saturated heterocycles. The van der Waals surface area contributed by atoms with Gasteiger partial charge in [-0.2, -0.15) is 0 Å². The van der Waals surface area contributed by atoms with E-state index in [0.29, 0.717) is 6.54 Å². The second-order valence-electron chi connectivity index (χ2n) is 3.66. The summed E-state index contributed by atoms with van der Waals surface area (Å²) in [5.74, 6) is -0.285. The normalized spacial score (nSPS) is 19.9. The quantitative estimate of drug-likeness (QED) is 0.812. The van der Waals surface area contributed by atoms with E-state index >= 15 is 0 Å². The van der Waals surface area contributed by atoms with Gasteiger partial charge in [-0.05, 0) is 11.6 Å². The monoisotopic (exact) mass is 215 g/mol. The van der Waals surface area contributed by atoms with Gasteiger partial charge >= 0.3 is 0 Å². The van der Waals surface area contributed by atoms with Crippen LogP contribution < -0.4 is 0 Å². The molecule has 0 aliphatic carbocycles. The molecule has 1 heterocycles. The van der Waals surface area contributed by atoms with E-state index in [0.717, 1.165) is 5.56 Å². The third-order valence-electron chi connectivity index (χ3n) is 2.39. The maximum absolute atomic E-state index is 11.2. The molecular formula is C13H13NO2. The molecule has 1 aliphatic heterocycles. The molecule has 3 nitrogen and oxygen atoms in total. The molecule has 82 valence electrons. The van der Waals surface area contributed by atoms with Crippen molar-refractivity contribution in [1.82, 2.24) is 4.90 Å². The van der Waals surface area contributed by atoms with Gasteiger partial charge in [0, 0.05) is 25.0 Å². The van der Waals surface area contributed by atoms with Crippen LogP contribution in [0.5, 0.6) is 0 Å². The van der Waals surface area contributed by atoms with Crippen LogP contribution >= 0.6 is 0 Å². The Morgan fingerprint density at radius 3 is 2.69 bits per heavy atom. The van der Waals surface area contributed by atoms with Gasteiger partial charge in [-0.1, -0.05) is 30.3 Å². The average molecular weight is 215 g/mol. The molecule has 0 amide bonds. The minimum absolute atomic E-state index is 0.285. The number of ketones is 1. The predicted molar refractivity (Wildman–Crippen MR) is 61.3 cm³/mol. The van der Waals surface area contributed by atoms with E-state index in [1.54, 1.807) is 12.4 Å². The molecule has 1 atom stereocenters. The number of carbonyl (C=O) groups excluding carboxylic acids is 1. The molecule has 0 aromatic heterocycles. The molecule has 0 saturated carbocycles. The van der Waals surface area contributed by atoms with Gasteiger partial charge < -0.3 is 10.0 Å². The zero-order chi connectivity index (χ0) is 11.4. The maximum atomic E-state index is 11.2. The van der Waals surface area contributed by atoms with E-state index in [2.05, 4.69) is 0 Å². The third-order valence-corrected chi connectivity index (χ3v) is 2.39. The summed E-state index contributed by atoms with van der Waals surface area (Å²) in [6, 6.07) is 9.95. The largest absolute Gasteiger partial charge is 0.381 e.